The molecule has 0 saturated carbocycles. The van der Waals surface area contributed by atoms with Gasteiger partial charge in [-0.1, -0.05) is 23.8 Å². The van der Waals surface area contributed by atoms with E-state index >= 15 is 0 Å². The van der Waals surface area contributed by atoms with E-state index < -0.39 is 11.4 Å². The average Bonchev–Trinajstić information content (AvgIpc) is 2.97. The van der Waals surface area contributed by atoms with E-state index in [1.807, 2.05) is 19.1 Å². The van der Waals surface area contributed by atoms with Crippen molar-refractivity contribution in [2.24, 2.45) is 0 Å². The van der Waals surface area contributed by atoms with Gasteiger partial charge < -0.3 is 20.1 Å². The minimum absolute atomic E-state index is 0.116. The normalized spacial score (nSPS) is 13.6. The Balaban J connectivity index is 1.39. The summed E-state index contributed by atoms with van der Waals surface area (Å²) in [6.07, 6.45) is 1.43. The Morgan fingerprint density at radius 3 is 2.55 bits per heavy atom. The number of carbonyl (C=O) groups is 1. The number of hydrogen-bond acceptors (Lipinski definition) is 7. The zero-order valence-corrected chi connectivity index (χ0v) is 22.1. The van der Waals surface area contributed by atoms with Crippen LogP contribution in [0.15, 0.2) is 83.8 Å². The molecular formula is C30H30FN5O4. The predicted octanol–water partition coefficient (Wildman–Crippen LogP) is 4.28. The van der Waals surface area contributed by atoms with Crippen molar-refractivity contribution in [2.75, 3.05) is 44.7 Å². The summed E-state index contributed by atoms with van der Waals surface area (Å²) in [7, 11) is 0. The number of benzene rings is 3. The molecule has 0 spiro atoms. The van der Waals surface area contributed by atoms with Crippen LogP contribution in [-0.4, -0.2) is 60.0 Å². The molecule has 1 fully saturated rings. The van der Waals surface area contributed by atoms with Crippen molar-refractivity contribution in [2.45, 2.75) is 6.92 Å². The van der Waals surface area contributed by atoms with Crippen molar-refractivity contribution < 1.29 is 18.7 Å². The molecule has 206 valence electrons. The third-order valence-corrected chi connectivity index (χ3v) is 6.47. The number of halogens is 1. The largest absolute Gasteiger partial charge is 0.453 e. The van der Waals surface area contributed by atoms with Gasteiger partial charge in [0.25, 0.3) is 11.5 Å². The zero-order valence-electron chi connectivity index (χ0n) is 22.1. The lowest BCUT2D eigenvalue weighted by atomic mass is 10.2. The summed E-state index contributed by atoms with van der Waals surface area (Å²) >= 11 is 0. The third-order valence-electron chi connectivity index (χ3n) is 6.47. The first-order valence-electron chi connectivity index (χ1n) is 13.0. The molecule has 0 unspecified atom stereocenters. The van der Waals surface area contributed by atoms with Crippen LogP contribution >= 0.6 is 0 Å². The molecule has 0 aliphatic carbocycles. The molecular weight excluding hydrogens is 513 g/mol. The first-order chi connectivity index (χ1) is 19.5. The SMILES string of the molecule is Cc1ccc(Oc2cnn(-c3ccc(F)cc3)c(=O)c2Nc2cccc(C(=O)NCCN3CCOCC3)c2)cc1. The van der Waals surface area contributed by atoms with Crippen molar-refractivity contribution in [3.05, 3.63) is 106 Å². The van der Waals surface area contributed by atoms with Gasteiger partial charge >= 0.3 is 0 Å². The highest BCUT2D eigenvalue weighted by Crippen LogP contribution is 2.29. The van der Waals surface area contributed by atoms with Crippen molar-refractivity contribution >= 4 is 17.3 Å². The number of amides is 1. The van der Waals surface area contributed by atoms with Crippen LogP contribution in [0.1, 0.15) is 15.9 Å². The van der Waals surface area contributed by atoms with Gasteiger partial charge in [-0.3, -0.25) is 14.5 Å². The Bertz CT molecular complexity index is 1520. The maximum atomic E-state index is 13.6. The van der Waals surface area contributed by atoms with E-state index in [4.69, 9.17) is 9.47 Å². The summed E-state index contributed by atoms with van der Waals surface area (Å²) in [4.78, 5) is 28.7. The molecule has 1 aliphatic rings. The van der Waals surface area contributed by atoms with Crippen LogP contribution in [0.25, 0.3) is 5.69 Å². The van der Waals surface area contributed by atoms with Gasteiger partial charge in [0.1, 0.15) is 11.6 Å². The predicted molar refractivity (Wildman–Crippen MR) is 150 cm³/mol. The van der Waals surface area contributed by atoms with Gasteiger partial charge in [0.05, 0.1) is 25.1 Å². The quantitative estimate of drug-likeness (QED) is 0.325. The average molecular weight is 544 g/mol. The van der Waals surface area contributed by atoms with Crippen molar-refractivity contribution in [3.63, 3.8) is 0 Å². The second kappa shape index (κ2) is 12.5. The molecule has 0 radical (unpaired) electrons. The lowest BCUT2D eigenvalue weighted by Gasteiger charge is -2.26. The molecule has 1 aliphatic heterocycles. The van der Waals surface area contributed by atoms with Crippen molar-refractivity contribution in [1.82, 2.24) is 20.0 Å². The Morgan fingerprint density at radius 1 is 1.05 bits per heavy atom. The maximum absolute atomic E-state index is 13.6. The minimum atomic E-state index is -0.503. The Kier molecular flexibility index (Phi) is 8.48. The summed E-state index contributed by atoms with van der Waals surface area (Å²) in [5.74, 6) is 0.0938. The lowest BCUT2D eigenvalue weighted by molar-refractivity contribution is 0.0383. The highest BCUT2D eigenvalue weighted by atomic mass is 19.1. The monoisotopic (exact) mass is 543 g/mol. The number of ether oxygens (including phenoxy) is 2. The lowest BCUT2D eigenvalue weighted by Crippen LogP contribution is -2.41. The van der Waals surface area contributed by atoms with E-state index in [2.05, 4.69) is 20.6 Å². The standard InChI is InChI=1S/C30H30FN5O4/c1-21-5-11-26(12-6-21)40-27-20-33-36(25-9-7-23(31)8-10-25)30(38)28(27)34-24-4-2-3-22(19-24)29(37)32-13-14-35-15-17-39-18-16-35/h2-12,19-20,34H,13-18H2,1H3,(H,32,37). The Labute approximate surface area is 231 Å². The van der Waals surface area contributed by atoms with Gasteiger partial charge in [0.15, 0.2) is 11.4 Å². The van der Waals surface area contributed by atoms with Gasteiger partial charge in [-0.05, 0) is 61.5 Å². The van der Waals surface area contributed by atoms with Crippen LogP contribution in [0, 0.1) is 12.7 Å². The van der Waals surface area contributed by atoms with Gasteiger partial charge in [0, 0.05) is 37.4 Å². The first kappa shape index (κ1) is 27.0. The van der Waals surface area contributed by atoms with Crippen LogP contribution in [-0.2, 0) is 4.74 Å². The van der Waals surface area contributed by atoms with E-state index in [9.17, 15) is 14.0 Å². The van der Waals surface area contributed by atoms with Crippen molar-refractivity contribution in [1.29, 1.82) is 0 Å². The smallest absolute Gasteiger partial charge is 0.299 e. The summed E-state index contributed by atoms with van der Waals surface area (Å²) in [6.45, 7) is 6.33. The fourth-order valence-corrected chi connectivity index (χ4v) is 4.27. The fraction of sp³-hybridized carbons (Fsp3) is 0.233. The number of nitrogens with one attached hydrogen (secondary N) is 2. The number of anilines is 2. The van der Waals surface area contributed by atoms with Gasteiger partial charge in [0.2, 0.25) is 0 Å². The van der Waals surface area contributed by atoms with Gasteiger partial charge in [-0.15, -0.1) is 0 Å². The number of hydrogen-bond donors (Lipinski definition) is 2. The summed E-state index contributed by atoms with van der Waals surface area (Å²) in [6, 6.07) is 19.7. The molecule has 0 atom stereocenters. The Morgan fingerprint density at radius 2 is 1.80 bits per heavy atom. The molecule has 1 amide bonds. The molecule has 3 aromatic carbocycles. The number of aryl methyl sites for hydroxylation is 1. The summed E-state index contributed by atoms with van der Waals surface area (Å²) in [5.41, 5.74) is 2.03. The van der Waals surface area contributed by atoms with Crippen LogP contribution in [0.4, 0.5) is 15.8 Å². The van der Waals surface area contributed by atoms with E-state index in [0.717, 1.165) is 29.9 Å². The van der Waals surface area contributed by atoms with E-state index in [0.29, 0.717) is 42.4 Å². The highest BCUT2D eigenvalue weighted by molar-refractivity contribution is 5.95. The maximum Gasteiger partial charge on any atom is 0.299 e. The molecule has 1 saturated heterocycles. The molecule has 2 N–H and O–H groups in total. The van der Waals surface area contributed by atoms with E-state index in [1.165, 1.54) is 30.5 Å². The number of nitrogens with zero attached hydrogens (tertiary/aromatic N) is 3. The fourth-order valence-electron chi connectivity index (χ4n) is 4.27. The first-order valence-corrected chi connectivity index (χ1v) is 13.0. The summed E-state index contributed by atoms with van der Waals surface area (Å²) in [5, 5.41) is 10.3. The molecule has 10 heteroatoms. The van der Waals surface area contributed by atoms with E-state index in [-0.39, 0.29) is 17.3 Å². The number of rotatable bonds is 9. The zero-order chi connectivity index (χ0) is 27.9. The number of morpholine rings is 1. The topological polar surface area (TPSA) is 97.7 Å². The molecule has 2 heterocycles. The molecule has 40 heavy (non-hydrogen) atoms. The van der Waals surface area contributed by atoms with Crippen LogP contribution in [0.5, 0.6) is 11.5 Å². The Hall–Kier alpha value is -4.54. The van der Waals surface area contributed by atoms with Gasteiger partial charge in [-0.25, -0.2) is 4.39 Å². The molecule has 4 aromatic rings. The van der Waals surface area contributed by atoms with Crippen LogP contribution in [0.3, 0.4) is 0 Å². The second-order valence-electron chi connectivity index (χ2n) is 9.41. The van der Waals surface area contributed by atoms with Gasteiger partial charge in [-0.2, -0.15) is 9.78 Å². The van der Waals surface area contributed by atoms with E-state index in [1.54, 1.807) is 36.4 Å². The molecule has 0 bridgehead atoms. The van der Waals surface area contributed by atoms with Crippen LogP contribution in [0.2, 0.25) is 0 Å². The number of carbonyl (C=O) groups excluding carboxylic acids is 1. The molecule has 5 rings (SSSR count). The molecule has 9 nitrogen and oxygen atoms in total. The summed E-state index contributed by atoms with van der Waals surface area (Å²) < 4.78 is 26.0. The minimum Gasteiger partial charge on any atom is -0.453 e. The molecule has 1 aromatic heterocycles. The second-order valence-corrected chi connectivity index (χ2v) is 9.41. The highest BCUT2D eigenvalue weighted by Gasteiger charge is 2.17. The van der Waals surface area contributed by atoms with Crippen LogP contribution < -0.4 is 20.9 Å². The number of aromatic nitrogens is 2. The van der Waals surface area contributed by atoms with Crippen molar-refractivity contribution in [3.8, 4) is 17.2 Å². The third kappa shape index (κ3) is 6.71.